The van der Waals surface area contributed by atoms with E-state index in [0.717, 1.165) is 30.2 Å². The maximum absolute atomic E-state index is 13.8. The van der Waals surface area contributed by atoms with Crippen LogP contribution in [0.25, 0.3) is 0 Å². The van der Waals surface area contributed by atoms with E-state index in [0.29, 0.717) is 5.92 Å². The average molecular weight is 356 g/mol. The second-order valence-electron chi connectivity index (χ2n) is 7.78. The molecule has 1 atom stereocenters. The Bertz CT molecular complexity index is 855. The molecule has 1 unspecified atom stereocenters. The highest BCUT2D eigenvalue weighted by molar-refractivity contribution is 5.86. The summed E-state index contributed by atoms with van der Waals surface area (Å²) >= 11 is 0. The Morgan fingerprint density at radius 3 is 2.62 bits per heavy atom. The van der Waals surface area contributed by atoms with Gasteiger partial charge in [-0.3, -0.25) is 4.99 Å². The summed E-state index contributed by atoms with van der Waals surface area (Å²) in [6, 6.07) is 7.81. The maximum atomic E-state index is 13.8. The highest BCUT2D eigenvalue weighted by Gasteiger charge is 2.35. The summed E-state index contributed by atoms with van der Waals surface area (Å²) in [4.78, 5) is 6.69. The predicted octanol–water partition coefficient (Wildman–Crippen LogP) is 6.14. The minimum Gasteiger partial charge on any atom is -0.366 e. The van der Waals surface area contributed by atoms with Crippen LogP contribution in [0.4, 0.5) is 20.2 Å². The van der Waals surface area contributed by atoms with Crippen molar-refractivity contribution in [2.45, 2.75) is 52.5 Å². The molecule has 0 spiro atoms. The first-order chi connectivity index (χ1) is 12.2. The van der Waals surface area contributed by atoms with Crippen molar-refractivity contribution in [2.24, 2.45) is 4.99 Å². The number of nitrogens with zero attached hydrogens (tertiary/aromatic N) is 2. The molecule has 1 aliphatic heterocycles. The van der Waals surface area contributed by atoms with E-state index < -0.39 is 11.6 Å². The lowest BCUT2D eigenvalue weighted by molar-refractivity contribution is 0.381. The summed E-state index contributed by atoms with van der Waals surface area (Å²) in [5.41, 5.74) is 4.92. The molecule has 0 saturated carbocycles. The molecule has 0 fully saturated rings. The molecule has 0 aromatic heterocycles. The maximum Gasteiger partial charge on any atom is 0.151 e. The van der Waals surface area contributed by atoms with Crippen LogP contribution in [0, 0.1) is 18.6 Å². The standard InChI is InChI=1S/C22H26F2N2/c1-6-26-21-9-14(2)16(10-18(21)15(3)12-22(26,4)5)13-25-20-8-7-17(23)11-19(20)24/h7-11,13,15H,6,12H2,1-5H3. The topological polar surface area (TPSA) is 15.6 Å². The van der Waals surface area contributed by atoms with Crippen molar-refractivity contribution in [3.63, 3.8) is 0 Å². The third kappa shape index (κ3) is 3.37. The minimum absolute atomic E-state index is 0.125. The Hall–Kier alpha value is -2.23. The molecular formula is C22H26F2N2. The third-order valence-electron chi connectivity index (χ3n) is 5.34. The number of halogens is 2. The van der Waals surface area contributed by atoms with Crippen LogP contribution in [-0.2, 0) is 0 Å². The summed E-state index contributed by atoms with van der Waals surface area (Å²) in [5.74, 6) is -0.801. The molecule has 2 aromatic carbocycles. The zero-order valence-electron chi connectivity index (χ0n) is 16.1. The second-order valence-corrected chi connectivity index (χ2v) is 7.78. The van der Waals surface area contributed by atoms with Crippen molar-refractivity contribution in [2.75, 3.05) is 11.4 Å². The van der Waals surface area contributed by atoms with Gasteiger partial charge in [-0.15, -0.1) is 0 Å². The van der Waals surface area contributed by atoms with Crippen molar-refractivity contribution in [3.05, 3.63) is 58.7 Å². The SMILES string of the molecule is CCN1c2cc(C)c(C=Nc3ccc(F)cc3F)cc2C(C)CC1(C)C. The van der Waals surface area contributed by atoms with Gasteiger partial charge in [0.05, 0.1) is 5.69 Å². The van der Waals surface area contributed by atoms with Gasteiger partial charge in [0.1, 0.15) is 5.82 Å². The molecule has 2 aromatic rings. The van der Waals surface area contributed by atoms with E-state index in [1.807, 2.05) is 6.92 Å². The fourth-order valence-electron chi connectivity index (χ4n) is 4.11. The molecule has 0 amide bonds. The van der Waals surface area contributed by atoms with Gasteiger partial charge in [0.15, 0.2) is 5.82 Å². The number of benzene rings is 2. The Labute approximate surface area is 154 Å². The first kappa shape index (κ1) is 18.6. The summed E-state index contributed by atoms with van der Waals surface area (Å²) < 4.78 is 26.9. The smallest absolute Gasteiger partial charge is 0.151 e. The lowest BCUT2D eigenvalue weighted by Gasteiger charge is -2.47. The van der Waals surface area contributed by atoms with Gasteiger partial charge in [0.25, 0.3) is 0 Å². The first-order valence-electron chi connectivity index (χ1n) is 9.14. The van der Waals surface area contributed by atoms with Crippen molar-refractivity contribution in [1.82, 2.24) is 0 Å². The van der Waals surface area contributed by atoms with Gasteiger partial charge in [-0.05, 0) is 81.0 Å². The van der Waals surface area contributed by atoms with Crippen molar-refractivity contribution in [3.8, 4) is 0 Å². The largest absolute Gasteiger partial charge is 0.366 e. The Balaban J connectivity index is 2.01. The van der Waals surface area contributed by atoms with Crippen LogP contribution in [0.1, 0.15) is 56.7 Å². The van der Waals surface area contributed by atoms with Crippen LogP contribution in [-0.4, -0.2) is 18.3 Å². The van der Waals surface area contributed by atoms with Crippen LogP contribution >= 0.6 is 0 Å². The number of hydrogen-bond donors (Lipinski definition) is 0. The summed E-state index contributed by atoms with van der Waals surface area (Å²) in [7, 11) is 0. The molecule has 3 rings (SSSR count). The van der Waals surface area contributed by atoms with Crippen LogP contribution in [0.15, 0.2) is 35.3 Å². The van der Waals surface area contributed by atoms with E-state index in [1.54, 1.807) is 6.21 Å². The van der Waals surface area contributed by atoms with Gasteiger partial charge in [-0.25, -0.2) is 8.78 Å². The second kappa shape index (κ2) is 6.82. The number of hydrogen-bond acceptors (Lipinski definition) is 2. The van der Waals surface area contributed by atoms with Crippen LogP contribution in [0.3, 0.4) is 0 Å². The van der Waals surface area contributed by atoms with Gasteiger partial charge in [-0.1, -0.05) is 6.92 Å². The van der Waals surface area contributed by atoms with Crippen molar-refractivity contribution in [1.29, 1.82) is 0 Å². The zero-order chi connectivity index (χ0) is 19.1. The molecule has 138 valence electrons. The molecule has 0 N–H and O–H groups in total. The molecule has 0 aliphatic carbocycles. The van der Waals surface area contributed by atoms with Gasteiger partial charge >= 0.3 is 0 Å². The van der Waals surface area contributed by atoms with Crippen molar-refractivity contribution < 1.29 is 8.78 Å². The fourth-order valence-corrected chi connectivity index (χ4v) is 4.11. The van der Waals surface area contributed by atoms with Crippen LogP contribution in [0.2, 0.25) is 0 Å². The average Bonchev–Trinajstić information content (AvgIpc) is 2.54. The normalized spacial score (nSPS) is 19.0. The van der Waals surface area contributed by atoms with Crippen LogP contribution in [0.5, 0.6) is 0 Å². The first-order valence-corrected chi connectivity index (χ1v) is 9.14. The van der Waals surface area contributed by atoms with Gasteiger partial charge in [-0.2, -0.15) is 0 Å². The quantitative estimate of drug-likeness (QED) is 0.604. The highest BCUT2D eigenvalue weighted by Crippen LogP contribution is 2.44. The number of aliphatic imine (C=N–C) groups is 1. The third-order valence-corrected chi connectivity index (χ3v) is 5.34. The summed E-state index contributed by atoms with van der Waals surface area (Å²) in [6.45, 7) is 12.0. The van der Waals surface area contributed by atoms with Gasteiger partial charge in [0.2, 0.25) is 0 Å². The van der Waals surface area contributed by atoms with E-state index in [-0.39, 0.29) is 11.2 Å². The number of anilines is 1. The molecule has 4 heteroatoms. The molecule has 1 aliphatic rings. The monoisotopic (exact) mass is 356 g/mol. The van der Waals surface area contributed by atoms with E-state index in [2.05, 4.69) is 49.7 Å². The molecular weight excluding hydrogens is 330 g/mol. The van der Waals surface area contributed by atoms with Gasteiger partial charge in [0, 0.05) is 30.1 Å². The van der Waals surface area contributed by atoms with Crippen LogP contribution < -0.4 is 4.90 Å². The highest BCUT2D eigenvalue weighted by atomic mass is 19.1. The lowest BCUT2D eigenvalue weighted by atomic mass is 9.79. The molecule has 2 nitrogen and oxygen atoms in total. The van der Waals surface area contributed by atoms with Crippen molar-refractivity contribution >= 4 is 17.6 Å². The molecule has 26 heavy (non-hydrogen) atoms. The lowest BCUT2D eigenvalue weighted by Crippen LogP contribution is -2.48. The Morgan fingerprint density at radius 1 is 1.23 bits per heavy atom. The molecule has 1 heterocycles. The summed E-state index contributed by atoms with van der Waals surface area (Å²) in [6.07, 6.45) is 2.76. The molecule has 0 radical (unpaired) electrons. The summed E-state index contributed by atoms with van der Waals surface area (Å²) in [5, 5.41) is 0. The van der Waals surface area contributed by atoms with E-state index in [1.165, 1.54) is 23.4 Å². The van der Waals surface area contributed by atoms with E-state index in [4.69, 9.17) is 0 Å². The minimum atomic E-state index is -0.649. The predicted molar refractivity (Wildman–Crippen MR) is 105 cm³/mol. The van der Waals surface area contributed by atoms with E-state index >= 15 is 0 Å². The molecule has 0 saturated heterocycles. The number of aryl methyl sites for hydroxylation is 1. The zero-order valence-corrected chi connectivity index (χ0v) is 16.1. The number of rotatable bonds is 3. The molecule has 0 bridgehead atoms. The fraction of sp³-hybridized carbons (Fsp3) is 0.409. The number of fused-ring (bicyclic) bond motifs is 1. The van der Waals surface area contributed by atoms with Gasteiger partial charge < -0.3 is 4.90 Å². The Kier molecular flexibility index (Phi) is 4.87. The Morgan fingerprint density at radius 2 is 1.96 bits per heavy atom. The van der Waals surface area contributed by atoms with E-state index in [9.17, 15) is 8.78 Å².